The molecule has 1 aromatic carbocycles. The van der Waals surface area contributed by atoms with Gasteiger partial charge in [0.05, 0.1) is 12.5 Å². The molecule has 0 spiro atoms. The van der Waals surface area contributed by atoms with E-state index in [-0.39, 0.29) is 5.91 Å². The summed E-state index contributed by atoms with van der Waals surface area (Å²) < 4.78 is 2.06. The van der Waals surface area contributed by atoms with E-state index in [2.05, 4.69) is 28.9 Å². The largest absolute Gasteiger partial charge is 0.326 e. The first kappa shape index (κ1) is 17.0. The Labute approximate surface area is 147 Å². The normalized spacial score (nSPS) is 15.8. The number of nitrogens with one attached hydrogen (secondary N) is 1. The van der Waals surface area contributed by atoms with Crippen molar-refractivity contribution in [2.24, 2.45) is 12.0 Å². The van der Waals surface area contributed by atoms with Gasteiger partial charge in [0.25, 0.3) is 0 Å². The maximum Gasteiger partial charge on any atom is 0.230 e. The molecule has 1 amide bonds. The Kier molecular flexibility index (Phi) is 5.51. The SMILES string of the molecule is CCc1ccc(NC(=O)Cc2csc(=NC3CCCC3)n2C)cc1. The van der Waals surface area contributed by atoms with Crippen LogP contribution < -0.4 is 10.1 Å². The molecule has 0 atom stereocenters. The van der Waals surface area contributed by atoms with Crippen molar-refractivity contribution in [2.45, 2.75) is 51.5 Å². The summed E-state index contributed by atoms with van der Waals surface area (Å²) in [7, 11) is 2.00. The Morgan fingerprint density at radius 3 is 2.67 bits per heavy atom. The zero-order valence-electron chi connectivity index (χ0n) is 14.4. The van der Waals surface area contributed by atoms with Crippen molar-refractivity contribution in [3.63, 3.8) is 0 Å². The molecule has 128 valence electrons. The molecule has 0 saturated heterocycles. The highest BCUT2D eigenvalue weighted by Gasteiger charge is 2.14. The molecular formula is C19H25N3OS. The van der Waals surface area contributed by atoms with Crippen LogP contribution in [0.15, 0.2) is 34.6 Å². The quantitative estimate of drug-likeness (QED) is 0.884. The minimum Gasteiger partial charge on any atom is -0.326 e. The summed E-state index contributed by atoms with van der Waals surface area (Å²) in [5.41, 5.74) is 3.14. The molecule has 1 heterocycles. The number of carbonyl (C=O) groups is 1. The summed E-state index contributed by atoms with van der Waals surface area (Å²) in [5, 5.41) is 5.02. The Balaban J connectivity index is 1.64. The Morgan fingerprint density at radius 2 is 2.00 bits per heavy atom. The molecule has 1 aliphatic rings. The van der Waals surface area contributed by atoms with Gasteiger partial charge in [-0.25, -0.2) is 0 Å². The van der Waals surface area contributed by atoms with Crippen molar-refractivity contribution < 1.29 is 4.79 Å². The van der Waals surface area contributed by atoms with E-state index in [4.69, 9.17) is 4.99 Å². The molecule has 1 aliphatic carbocycles. The average Bonchev–Trinajstić information content (AvgIpc) is 3.21. The van der Waals surface area contributed by atoms with Gasteiger partial charge in [-0.05, 0) is 37.0 Å². The monoisotopic (exact) mass is 343 g/mol. The summed E-state index contributed by atoms with van der Waals surface area (Å²) in [5.74, 6) is 0.0139. The van der Waals surface area contributed by atoms with Gasteiger partial charge in [0.15, 0.2) is 4.80 Å². The van der Waals surface area contributed by atoms with Crippen molar-refractivity contribution >= 4 is 22.9 Å². The van der Waals surface area contributed by atoms with Crippen LogP contribution in [-0.2, 0) is 24.7 Å². The van der Waals surface area contributed by atoms with Gasteiger partial charge in [-0.1, -0.05) is 31.9 Å². The third-order valence-corrected chi connectivity index (χ3v) is 5.60. The number of aryl methyl sites for hydroxylation is 1. The summed E-state index contributed by atoms with van der Waals surface area (Å²) in [6.45, 7) is 2.12. The van der Waals surface area contributed by atoms with Crippen LogP contribution in [0.3, 0.4) is 0 Å². The fourth-order valence-corrected chi connectivity index (χ4v) is 4.03. The molecule has 0 aliphatic heterocycles. The maximum absolute atomic E-state index is 12.3. The Morgan fingerprint density at radius 1 is 1.29 bits per heavy atom. The third-order valence-electron chi connectivity index (χ3n) is 4.62. The zero-order valence-corrected chi connectivity index (χ0v) is 15.2. The Hall–Kier alpha value is -1.88. The van der Waals surface area contributed by atoms with Gasteiger partial charge in [0.1, 0.15) is 0 Å². The van der Waals surface area contributed by atoms with Crippen LogP contribution in [0.4, 0.5) is 5.69 Å². The molecule has 0 unspecified atom stereocenters. The topological polar surface area (TPSA) is 46.4 Å². The molecule has 0 bridgehead atoms. The lowest BCUT2D eigenvalue weighted by Crippen LogP contribution is -2.20. The van der Waals surface area contributed by atoms with Crippen molar-refractivity contribution in [3.8, 4) is 0 Å². The number of benzene rings is 1. The number of carbonyl (C=O) groups excluding carboxylic acids is 1. The van der Waals surface area contributed by atoms with E-state index in [9.17, 15) is 4.79 Å². The van der Waals surface area contributed by atoms with E-state index in [0.717, 1.165) is 22.6 Å². The first-order chi connectivity index (χ1) is 11.7. The van der Waals surface area contributed by atoms with Crippen LogP contribution >= 0.6 is 11.3 Å². The van der Waals surface area contributed by atoms with Gasteiger partial charge < -0.3 is 9.88 Å². The molecule has 1 fully saturated rings. The van der Waals surface area contributed by atoms with Crippen molar-refractivity contribution in [2.75, 3.05) is 5.32 Å². The molecule has 0 radical (unpaired) electrons. The molecule has 3 rings (SSSR count). The second-order valence-electron chi connectivity index (χ2n) is 6.41. The summed E-state index contributed by atoms with van der Waals surface area (Å²) in [6, 6.07) is 8.50. The third kappa shape index (κ3) is 4.15. The van der Waals surface area contributed by atoms with Gasteiger partial charge in [-0.2, -0.15) is 0 Å². The van der Waals surface area contributed by atoms with E-state index in [1.165, 1.54) is 31.2 Å². The fourth-order valence-electron chi connectivity index (χ4n) is 3.06. The Bertz CT molecular complexity index is 752. The summed E-state index contributed by atoms with van der Waals surface area (Å²) in [6.07, 6.45) is 6.35. The number of rotatable bonds is 5. The van der Waals surface area contributed by atoms with Crippen LogP contribution in [-0.4, -0.2) is 16.5 Å². The van der Waals surface area contributed by atoms with E-state index in [1.54, 1.807) is 11.3 Å². The predicted molar refractivity (Wildman–Crippen MR) is 99.3 cm³/mol. The standard InChI is InChI=1S/C19H25N3OS/c1-3-14-8-10-16(11-9-14)20-18(23)12-17-13-24-19(22(17)2)21-15-6-4-5-7-15/h8-11,13,15H,3-7,12H2,1-2H3,(H,20,23). The number of hydrogen-bond donors (Lipinski definition) is 1. The first-order valence-corrected chi connectivity index (χ1v) is 9.59. The van der Waals surface area contributed by atoms with Gasteiger partial charge in [0, 0.05) is 23.8 Å². The van der Waals surface area contributed by atoms with Crippen LogP contribution in [0.2, 0.25) is 0 Å². The second-order valence-corrected chi connectivity index (χ2v) is 7.25. The van der Waals surface area contributed by atoms with Crippen molar-refractivity contribution in [1.82, 2.24) is 4.57 Å². The minimum absolute atomic E-state index is 0.0139. The average molecular weight is 343 g/mol. The van der Waals surface area contributed by atoms with E-state index in [1.807, 2.05) is 24.6 Å². The summed E-state index contributed by atoms with van der Waals surface area (Å²) in [4.78, 5) is 18.2. The second kappa shape index (κ2) is 7.79. The van der Waals surface area contributed by atoms with Gasteiger partial charge in [0.2, 0.25) is 5.91 Å². The molecular weight excluding hydrogens is 318 g/mol. The molecule has 24 heavy (non-hydrogen) atoms. The minimum atomic E-state index is 0.0139. The fraction of sp³-hybridized carbons (Fsp3) is 0.474. The zero-order chi connectivity index (χ0) is 16.9. The van der Waals surface area contributed by atoms with E-state index < -0.39 is 0 Å². The predicted octanol–water partition coefficient (Wildman–Crippen LogP) is 3.67. The molecule has 5 heteroatoms. The molecule has 2 aromatic rings. The lowest BCUT2D eigenvalue weighted by molar-refractivity contribution is -0.115. The number of hydrogen-bond acceptors (Lipinski definition) is 3. The number of thiazole rings is 1. The highest BCUT2D eigenvalue weighted by atomic mass is 32.1. The van der Waals surface area contributed by atoms with E-state index in [0.29, 0.717) is 12.5 Å². The smallest absolute Gasteiger partial charge is 0.230 e. The van der Waals surface area contributed by atoms with E-state index >= 15 is 0 Å². The number of anilines is 1. The van der Waals surface area contributed by atoms with Crippen LogP contribution in [0.1, 0.15) is 43.9 Å². The van der Waals surface area contributed by atoms with Gasteiger partial charge >= 0.3 is 0 Å². The van der Waals surface area contributed by atoms with Gasteiger partial charge in [-0.3, -0.25) is 9.79 Å². The lowest BCUT2D eigenvalue weighted by Gasteiger charge is -2.07. The number of nitrogens with zero attached hydrogens (tertiary/aromatic N) is 2. The van der Waals surface area contributed by atoms with Crippen LogP contribution in [0, 0.1) is 0 Å². The molecule has 1 N–H and O–H groups in total. The van der Waals surface area contributed by atoms with Crippen LogP contribution in [0.25, 0.3) is 0 Å². The lowest BCUT2D eigenvalue weighted by atomic mass is 10.1. The first-order valence-electron chi connectivity index (χ1n) is 8.71. The number of amides is 1. The molecule has 1 aromatic heterocycles. The van der Waals surface area contributed by atoms with Gasteiger partial charge in [-0.15, -0.1) is 11.3 Å². The highest BCUT2D eigenvalue weighted by Crippen LogP contribution is 2.20. The highest BCUT2D eigenvalue weighted by molar-refractivity contribution is 7.07. The summed E-state index contributed by atoms with van der Waals surface area (Å²) >= 11 is 1.63. The van der Waals surface area contributed by atoms with Crippen molar-refractivity contribution in [1.29, 1.82) is 0 Å². The maximum atomic E-state index is 12.3. The van der Waals surface area contributed by atoms with Crippen LogP contribution in [0.5, 0.6) is 0 Å². The number of aromatic nitrogens is 1. The molecule has 4 nitrogen and oxygen atoms in total. The van der Waals surface area contributed by atoms with Crippen molar-refractivity contribution in [3.05, 3.63) is 45.7 Å². The molecule has 1 saturated carbocycles.